The van der Waals surface area contributed by atoms with Gasteiger partial charge in [-0.1, -0.05) is 11.8 Å². The average Bonchev–Trinajstić information content (AvgIpc) is 3.42. The number of hydrogen-bond donors (Lipinski definition) is 1. The van der Waals surface area contributed by atoms with Gasteiger partial charge in [-0.2, -0.15) is 10.1 Å². The standard InChI is InChI=1S/C25H36N6O3S/c1-25(2)14-18-19(15-33-25)35-23-21(18)22(27-24(28-23)26-20-8-9-30(3)29-20)34-17-6-4-16(5-7-17)31-10-12-32-13-11-31/h8-9,16-19H,4-7,10-15H2,1-3H3,(H,26,27,28,29). The van der Waals surface area contributed by atoms with Crippen LogP contribution < -0.4 is 10.1 Å². The zero-order valence-electron chi connectivity index (χ0n) is 20.9. The summed E-state index contributed by atoms with van der Waals surface area (Å²) in [6.45, 7) is 8.90. The lowest BCUT2D eigenvalue weighted by atomic mass is 9.84. The van der Waals surface area contributed by atoms with Gasteiger partial charge < -0.3 is 19.5 Å². The number of fused-ring (bicyclic) bond motifs is 3. The van der Waals surface area contributed by atoms with Crippen molar-refractivity contribution in [3.8, 4) is 5.88 Å². The molecule has 2 unspecified atom stereocenters. The van der Waals surface area contributed by atoms with E-state index < -0.39 is 0 Å². The van der Waals surface area contributed by atoms with Crippen LogP contribution in [0.15, 0.2) is 17.3 Å². The molecule has 9 nitrogen and oxygen atoms in total. The quantitative estimate of drug-likeness (QED) is 0.617. The summed E-state index contributed by atoms with van der Waals surface area (Å²) < 4.78 is 20.2. The highest BCUT2D eigenvalue weighted by molar-refractivity contribution is 8.00. The van der Waals surface area contributed by atoms with Crippen molar-refractivity contribution >= 4 is 23.5 Å². The van der Waals surface area contributed by atoms with E-state index in [1.807, 2.05) is 19.3 Å². The van der Waals surface area contributed by atoms with Crippen LogP contribution in [-0.4, -0.2) is 80.6 Å². The number of ether oxygens (including phenoxy) is 3. The number of aryl methyl sites for hydroxylation is 1. The molecule has 2 saturated heterocycles. The van der Waals surface area contributed by atoms with Gasteiger partial charge in [-0.15, -0.1) is 0 Å². The van der Waals surface area contributed by atoms with Crippen LogP contribution in [0.3, 0.4) is 0 Å². The highest BCUT2D eigenvalue weighted by Gasteiger charge is 2.45. The van der Waals surface area contributed by atoms with Gasteiger partial charge in [0.25, 0.3) is 0 Å². The minimum Gasteiger partial charge on any atom is -0.474 e. The third kappa shape index (κ3) is 5.03. The first-order chi connectivity index (χ1) is 16.9. The number of rotatable bonds is 5. The van der Waals surface area contributed by atoms with E-state index in [-0.39, 0.29) is 11.7 Å². The van der Waals surface area contributed by atoms with Crippen LogP contribution in [0.5, 0.6) is 5.88 Å². The molecule has 0 bridgehead atoms. The Hall–Kier alpha value is -1.88. The monoisotopic (exact) mass is 500 g/mol. The minimum absolute atomic E-state index is 0.151. The summed E-state index contributed by atoms with van der Waals surface area (Å²) in [4.78, 5) is 12.4. The molecule has 0 spiro atoms. The molecule has 2 aromatic heterocycles. The lowest BCUT2D eigenvalue weighted by Crippen LogP contribution is -2.46. The fraction of sp³-hybridized carbons (Fsp3) is 0.720. The summed E-state index contributed by atoms with van der Waals surface area (Å²) in [6, 6.07) is 2.57. The van der Waals surface area contributed by atoms with Crippen molar-refractivity contribution in [2.45, 2.75) is 79.9 Å². The number of anilines is 2. The van der Waals surface area contributed by atoms with Crippen LogP contribution in [0.25, 0.3) is 0 Å². The maximum atomic E-state index is 6.72. The van der Waals surface area contributed by atoms with Crippen molar-refractivity contribution in [3.05, 3.63) is 17.8 Å². The van der Waals surface area contributed by atoms with E-state index in [1.165, 1.54) is 18.4 Å². The van der Waals surface area contributed by atoms with Crippen LogP contribution in [0.4, 0.5) is 11.8 Å². The summed E-state index contributed by atoms with van der Waals surface area (Å²) >= 11 is 1.81. The van der Waals surface area contributed by atoms with Crippen LogP contribution in [-0.2, 0) is 16.5 Å². The molecule has 1 N–H and O–H groups in total. The number of morpholine rings is 1. The van der Waals surface area contributed by atoms with Gasteiger partial charge in [-0.3, -0.25) is 9.58 Å². The average molecular weight is 501 g/mol. The molecule has 5 heterocycles. The second-order valence-electron chi connectivity index (χ2n) is 10.8. The van der Waals surface area contributed by atoms with Crippen molar-refractivity contribution in [2.75, 3.05) is 38.2 Å². The number of thioether (sulfide) groups is 1. The highest BCUT2D eigenvalue weighted by atomic mass is 32.2. The van der Waals surface area contributed by atoms with Crippen molar-refractivity contribution in [2.24, 2.45) is 7.05 Å². The Bertz CT molecular complexity index is 1050. The van der Waals surface area contributed by atoms with E-state index in [1.54, 1.807) is 16.4 Å². The summed E-state index contributed by atoms with van der Waals surface area (Å²) in [5, 5.41) is 9.09. The van der Waals surface area contributed by atoms with E-state index in [2.05, 4.69) is 29.2 Å². The predicted octanol–water partition coefficient (Wildman–Crippen LogP) is 3.73. The number of nitrogens with one attached hydrogen (secondary N) is 1. The minimum atomic E-state index is -0.151. The molecule has 0 aromatic carbocycles. The number of hydrogen-bond acceptors (Lipinski definition) is 9. The Morgan fingerprint density at radius 3 is 2.69 bits per heavy atom. The van der Waals surface area contributed by atoms with Crippen LogP contribution in [0.1, 0.15) is 57.4 Å². The van der Waals surface area contributed by atoms with Gasteiger partial charge in [0, 0.05) is 49.6 Å². The molecule has 3 aliphatic heterocycles. The van der Waals surface area contributed by atoms with Gasteiger partial charge in [-0.05, 0) is 46.0 Å². The smallest absolute Gasteiger partial charge is 0.232 e. The predicted molar refractivity (Wildman–Crippen MR) is 135 cm³/mol. The molecule has 2 atom stereocenters. The van der Waals surface area contributed by atoms with Gasteiger partial charge in [0.15, 0.2) is 5.82 Å². The molecule has 3 fully saturated rings. The highest BCUT2D eigenvalue weighted by Crippen LogP contribution is 2.54. The Balaban J connectivity index is 1.23. The summed E-state index contributed by atoms with van der Waals surface area (Å²) in [6.07, 6.45) is 7.49. The first kappa shape index (κ1) is 23.5. The molecule has 0 radical (unpaired) electrons. The molecular formula is C25H36N6O3S. The Labute approximate surface area is 211 Å². The van der Waals surface area contributed by atoms with Crippen molar-refractivity contribution in [1.29, 1.82) is 0 Å². The summed E-state index contributed by atoms with van der Waals surface area (Å²) in [5.41, 5.74) is 1.03. The molecular weight excluding hydrogens is 464 g/mol. The molecule has 6 rings (SSSR count). The molecule has 2 aromatic rings. The second kappa shape index (κ2) is 9.53. The number of aromatic nitrogens is 4. The zero-order valence-corrected chi connectivity index (χ0v) is 21.7. The Morgan fingerprint density at radius 1 is 1.14 bits per heavy atom. The zero-order chi connectivity index (χ0) is 24.0. The van der Waals surface area contributed by atoms with E-state index in [0.717, 1.165) is 68.9 Å². The SMILES string of the molecule is Cn1ccc(Nc2nc(OC3CCC(N4CCOCC4)CC3)c3c(n2)SC2COC(C)(C)CC32)n1. The van der Waals surface area contributed by atoms with E-state index in [4.69, 9.17) is 24.2 Å². The van der Waals surface area contributed by atoms with E-state index >= 15 is 0 Å². The summed E-state index contributed by atoms with van der Waals surface area (Å²) in [7, 11) is 1.90. The Kier molecular flexibility index (Phi) is 6.41. The lowest BCUT2D eigenvalue weighted by molar-refractivity contribution is -0.0555. The summed E-state index contributed by atoms with van der Waals surface area (Å²) in [5.74, 6) is 2.38. The second-order valence-corrected chi connectivity index (χ2v) is 12.0. The fourth-order valence-corrected chi connectivity index (χ4v) is 7.22. The van der Waals surface area contributed by atoms with Crippen LogP contribution in [0.2, 0.25) is 0 Å². The molecule has 1 saturated carbocycles. The Morgan fingerprint density at radius 2 is 1.94 bits per heavy atom. The van der Waals surface area contributed by atoms with E-state index in [0.29, 0.717) is 23.2 Å². The van der Waals surface area contributed by atoms with E-state index in [9.17, 15) is 0 Å². The molecule has 190 valence electrons. The third-order valence-electron chi connectivity index (χ3n) is 7.75. The first-order valence-electron chi connectivity index (χ1n) is 12.9. The molecule has 4 aliphatic rings. The number of nitrogens with zero attached hydrogens (tertiary/aromatic N) is 5. The van der Waals surface area contributed by atoms with Crippen molar-refractivity contribution < 1.29 is 14.2 Å². The van der Waals surface area contributed by atoms with Gasteiger partial charge >= 0.3 is 0 Å². The van der Waals surface area contributed by atoms with Gasteiger partial charge in [0.05, 0.1) is 31.0 Å². The fourth-order valence-electron chi connectivity index (χ4n) is 5.90. The molecule has 0 amide bonds. The largest absolute Gasteiger partial charge is 0.474 e. The normalized spacial score (nSPS) is 30.5. The maximum absolute atomic E-state index is 6.72. The topological polar surface area (TPSA) is 86.6 Å². The van der Waals surface area contributed by atoms with Gasteiger partial charge in [-0.25, -0.2) is 4.98 Å². The first-order valence-corrected chi connectivity index (χ1v) is 13.8. The van der Waals surface area contributed by atoms with Crippen LogP contribution >= 0.6 is 11.8 Å². The molecule has 35 heavy (non-hydrogen) atoms. The van der Waals surface area contributed by atoms with Gasteiger partial charge in [0.1, 0.15) is 11.1 Å². The molecule has 10 heteroatoms. The third-order valence-corrected chi connectivity index (χ3v) is 9.05. The lowest BCUT2D eigenvalue weighted by Gasteiger charge is -2.39. The van der Waals surface area contributed by atoms with Crippen molar-refractivity contribution in [1.82, 2.24) is 24.6 Å². The molecule has 1 aliphatic carbocycles. The van der Waals surface area contributed by atoms with Crippen molar-refractivity contribution in [3.63, 3.8) is 0 Å². The van der Waals surface area contributed by atoms with Crippen LogP contribution in [0, 0.1) is 0 Å². The van der Waals surface area contributed by atoms with Gasteiger partial charge in [0.2, 0.25) is 11.8 Å². The maximum Gasteiger partial charge on any atom is 0.232 e.